The third-order valence-electron chi connectivity index (χ3n) is 4.31. The zero-order chi connectivity index (χ0) is 15.1. The van der Waals surface area contributed by atoms with Crippen LogP contribution < -0.4 is 10.6 Å². The molecule has 0 bridgehead atoms. The van der Waals surface area contributed by atoms with Gasteiger partial charge in [0.2, 0.25) is 0 Å². The predicted molar refractivity (Wildman–Crippen MR) is 109 cm³/mol. The van der Waals surface area contributed by atoms with Gasteiger partial charge in [0.25, 0.3) is 0 Å². The van der Waals surface area contributed by atoms with Crippen molar-refractivity contribution in [2.24, 2.45) is 4.99 Å². The molecule has 7 heteroatoms. The number of guanidine groups is 1. The number of thioether (sulfide) groups is 1. The molecule has 2 unspecified atom stereocenters. The lowest BCUT2D eigenvalue weighted by molar-refractivity contribution is 0.119. The molecule has 2 rings (SSSR count). The van der Waals surface area contributed by atoms with Gasteiger partial charge in [-0.15, -0.1) is 24.0 Å². The number of hydrogen-bond donors (Lipinski definition) is 2. The lowest BCUT2D eigenvalue weighted by Gasteiger charge is -2.36. The van der Waals surface area contributed by atoms with Gasteiger partial charge in [0.15, 0.2) is 5.96 Å². The van der Waals surface area contributed by atoms with Crippen molar-refractivity contribution in [1.29, 1.82) is 0 Å². The highest BCUT2D eigenvalue weighted by atomic mass is 127. The minimum atomic E-state index is 0. The molecule has 5 nitrogen and oxygen atoms in total. The van der Waals surface area contributed by atoms with Gasteiger partial charge in [0, 0.05) is 44.0 Å². The highest BCUT2D eigenvalue weighted by Gasteiger charge is 2.22. The highest BCUT2D eigenvalue weighted by Crippen LogP contribution is 2.25. The molecule has 130 valence electrons. The molecule has 0 aromatic heterocycles. The molecule has 2 aliphatic heterocycles. The molecular formula is C15H32IN5S. The summed E-state index contributed by atoms with van der Waals surface area (Å²) in [6, 6.07) is 0.528. The average Bonchev–Trinajstić information content (AvgIpc) is 2.98. The number of piperazine rings is 1. The molecule has 2 saturated heterocycles. The van der Waals surface area contributed by atoms with Crippen LogP contribution in [0.4, 0.5) is 0 Å². The molecule has 2 heterocycles. The Kier molecular flexibility index (Phi) is 10.1. The summed E-state index contributed by atoms with van der Waals surface area (Å²) in [5.74, 6) is 2.30. The van der Waals surface area contributed by atoms with Crippen LogP contribution in [0.1, 0.15) is 19.8 Å². The van der Waals surface area contributed by atoms with Crippen molar-refractivity contribution in [1.82, 2.24) is 20.4 Å². The second-order valence-electron chi connectivity index (χ2n) is 6.13. The molecule has 0 amide bonds. The number of rotatable bonds is 5. The minimum Gasteiger partial charge on any atom is -0.357 e. The lowest BCUT2D eigenvalue weighted by atomic mass is 10.2. The Bertz CT molecular complexity index is 336. The Hall–Kier alpha value is 0.270. The number of hydrogen-bond acceptors (Lipinski definition) is 4. The molecule has 22 heavy (non-hydrogen) atoms. The number of nitrogens with zero attached hydrogens (tertiary/aromatic N) is 3. The monoisotopic (exact) mass is 441 g/mol. The van der Waals surface area contributed by atoms with E-state index < -0.39 is 0 Å². The summed E-state index contributed by atoms with van der Waals surface area (Å²) in [7, 11) is 4.41. The summed E-state index contributed by atoms with van der Waals surface area (Å²) in [4.78, 5) is 9.63. The van der Waals surface area contributed by atoms with E-state index in [9.17, 15) is 0 Å². The number of halogens is 1. The van der Waals surface area contributed by atoms with E-state index in [1.165, 1.54) is 18.6 Å². The van der Waals surface area contributed by atoms with Crippen LogP contribution >= 0.6 is 35.7 Å². The first kappa shape index (κ1) is 20.3. The molecule has 2 fully saturated rings. The van der Waals surface area contributed by atoms with E-state index in [1.54, 1.807) is 0 Å². The van der Waals surface area contributed by atoms with Gasteiger partial charge in [-0.2, -0.15) is 11.8 Å². The molecule has 2 N–H and O–H groups in total. The second kappa shape index (κ2) is 10.9. The quantitative estimate of drug-likeness (QED) is 0.383. The summed E-state index contributed by atoms with van der Waals surface area (Å²) >= 11 is 2.09. The average molecular weight is 441 g/mol. The second-order valence-corrected chi connectivity index (χ2v) is 7.54. The maximum Gasteiger partial charge on any atom is 0.191 e. The van der Waals surface area contributed by atoms with E-state index >= 15 is 0 Å². The van der Waals surface area contributed by atoms with Crippen LogP contribution in [0.25, 0.3) is 0 Å². The standard InChI is InChI=1S/C15H31N5S.HI/c1-4-16-15(18-11-14-6-5-9-21-14)17-10-13-12-19(2)7-8-20(13)3;/h13-14H,4-12H2,1-3H3,(H2,16,17,18);1H. The summed E-state index contributed by atoms with van der Waals surface area (Å²) in [5.41, 5.74) is 0. The highest BCUT2D eigenvalue weighted by molar-refractivity contribution is 14.0. The Morgan fingerprint density at radius 3 is 2.77 bits per heavy atom. The number of aliphatic imine (C=N–C) groups is 1. The van der Waals surface area contributed by atoms with E-state index in [0.717, 1.165) is 50.5 Å². The van der Waals surface area contributed by atoms with Crippen LogP contribution in [0, 0.1) is 0 Å². The molecule has 0 aromatic rings. The lowest BCUT2D eigenvalue weighted by Crippen LogP contribution is -2.51. The van der Waals surface area contributed by atoms with Gasteiger partial charge < -0.3 is 15.5 Å². The molecule has 0 saturated carbocycles. The van der Waals surface area contributed by atoms with E-state index in [1.807, 2.05) is 0 Å². The summed E-state index contributed by atoms with van der Waals surface area (Å²) < 4.78 is 0. The third-order valence-corrected chi connectivity index (χ3v) is 5.70. The zero-order valence-corrected chi connectivity index (χ0v) is 17.3. The largest absolute Gasteiger partial charge is 0.357 e. The van der Waals surface area contributed by atoms with E-state index in [0.29, 0.717) is 6.04 Å². The maximum absolute atomic E-state index is 4.80. The minimum absolute atomic E-state index is 0. The summed E-state index contributed by atoms with van der Waals surface area (Å²) in [6.07, 6.45) is 2.71. The molecule has 0 spiro atoms. The predicted octanol–water partition coefficient (Wildman–Crippen LogP) is 1.30. The molecule has 0 aromatic carbocycles. The smallest absolute Gasteiger partial charge is 0.191 e. The van der Waals surface area contributed by atoms with Crippen LogP contribution in [0.15, 0.2) is 4.99 Å². The number of nitrogens with one attached hydrogen (secondary N) is 2. The van der Waals surface area contributed by atoms with Crippen LogP contribution in [0.5, 0.6) is 0 Å². The van der Waals surface area contributed by atoms with Crippen molar-refractivity contribution in [2.45, 2.75) is 31.1 Å². The van der Waals surface area contributed by atoms with Crippen molar-refractivity contribution in [3.63, 3.8) is 0 Å². The number of likely N-dealkylation sites (N-methyl/N-ethyl adjacent to an activating group) is 2. The topological polar surface area (TPSA) is 42.9 Å². The third kappa shape index (κ3) is 6.80. The van der Waals surface area contributed by atoms with Crippen molar-refractivity contribution < 1.29 is 0 Å². The van der Waals surface area contributed by atoms with Crippen LogP contribution in [-0.2, 0) is 0 Å². The Morgan fingerprint density at radius 1 is 1.27 bits per heavy atom. The van der Waals surface area contributed by atoms with E-state index in [-0.39, 0.29) is 24.0 Å². The summed E-state index contributed by atoms with van der Waals surface area (Å²) in [5, 5.41) is 7.65. The van der Waals surface area contributed by atoms with Crippen molar-refractivity contribution in [2.75, 3.05) is 59.1 Å². The Labute approximate surface area is 157 Å². The maximum atomic E-state index is 4.80. The first-order chi connectivity index (χ1) is 10.2. The summed E-state index contributed by atoms with van der Waals surface area (Å²) in [6.45, 7) is 8.36. The fraction of sp³-hybridized carbons (Fsp3) is 0.933. The normalized spacial score (nSPS) is 27.5. The molecule has 2 atom stereocenters. The molecule has 2 aliphatic rings. The Balaban J connectivity index is 0.00000242. The van der Waals surface area contributed by atoms with Crippen molar-refractivity contribution >= 4 is 41.7 Å². The Morgan fingerprint density at radius 2 is 2.09 bits per heavy atom. The van der Waals surface area contributed by atoms with E-state index in [4.69, 9.17) is 4.99 Å². The molecule has 0 aliphatic carbocycles. The zero-order valence-electron chi connectivity index (χ0n) is 14.2. The van der Waals surface area contributed by atoms with Gasteiger partial charge in [0.05, 0.1) is 6.54 Å². The van der Waals surface area contributed by atoms with E-state index in [2.05, 4.69) is 53.2 Å². The SMILES string of the molecule is CCNC(=NCC1CN(C)CCN1C)NCC1CCCS1.I. The first-order valence-corrected chi connectivity index (χ1v) is 9.26. The first-order valence-electron chi connectivity index (χ1n) is 8.21. The van der Waals surface area contributed by atoms with Crippen molar-refractivity contribution in [3.05, 3.63) is 0 Å². The fourth-order valence-electron chi connectivity index (χ4n) is 2.85. The molecule has 0 radical (unpaired) electrons. The van der Waals surface area contributed by atoms with Gasteiger partial charge in [0.1, 0.15) is 0 Å². The van der Waals surface area contributed by atoms with Gasteiger partial charge in [-0.1, -0.05) is 0 Å². The van der Waals surface area contributed by atoms with Gasteiger partial charge >= 0.3 is 0 Å². The van der Waals surface area contributed by atoms with Crippen LogP contribution in [0.3, 0.4) is 0 Å². The fourth-order valence-corrected chi connectivity index (χ4v) is 4.05. The van der Waals surface area contributed by atoms with Gasteiger partial charge in [-0.25, -0.2) is 0 Å². The molecular weight excluding hydrogens is 409 g/mol. The van der Waals surface area contributed by atoms with Crippen LogP contribution in [0.2, 0.25) is 0 Å². The van der Waals surface area contributed by atoms with Gasteiger partial charge in [-0.05, 0) is 39.6 Å². The van der Waals surface area contributed by atoms with Crippen LogP contribution in [-0.4, -0.2) is 86.2 Å². The van der Waals surface area contributed by atoms with Gasteiger partial charge in [-0.3, -0.25) is 9.89 Å². The van der Waals surface area contributed by atoms with Crippen molar-refractivity contribution in [3.8, 4) is 0 Å².